The number of hydrogen-bond acceptors (Lipinski definition) is 3. The van der Waals surface area contributed by atoms with Gasteiger partial charge in [0.05, 0.1) is 22.8 Å². The van der Waals surface area contributed by atoms with E-state index in [9.17, 15) is 4.79 Å². The molecule has 1 heterocycles. The minimum Gasteiger partial charge on any atom is -0.348 e. The lowest BCUT2D eigenvalue weighted by molar-refractivity contribution is -0.119. The lowest BCUT2D eigenvalue weighted by Crippen LogP contribution is -2.31. The first-order chi connectivity index (χ1) is 12.2. The van der Waals surface area contributed by atoms with E-state index in [1.54, 1.807) is 0 Å². The summed E-state index contributed by atoms with van der Waals surface area (Å²) < 4.78 is 0. The predicted octanol–water partition coefficient (Wildman–Crippen LogP) is 4.23. The van der Waals surface area contributed by atoms with Crippen molar-refractivity contribution in [2.24, 2.45) is 5.92 Å². The van der Waals surface area contributed by atoms with Crippen molar-refractivity contribution in [1.29, 1.82) is 0 Å². The standard InChI is InChI=1S/C20H21N3OS/c1-13-6-8-14(9-7-13)19(15-10-11-15)23-18(24)12-25-20-21-16-4-2-3-5-17(16)22-20/h2-9,15,19H,10-12H2,1H3,(H,21,22)(H,23,24). The monoisotopic (exact) mass is 351 g/mol. The van der Waals surface area contributed by atoms with Gasteiger partial charge in [-0.15, -0.1) is 0 Å². The molecule has 2 aromatic carbocycles. The van der Waals surface area contributed by atoms with Crippen LogP contribution >= 0.6 is 11.8 Å². The summed E-state index contributed by atoms with van der Waals surface area (Å²) in [5, 5.41) is 4.00. The zero-order valence-corrected chi connectivity index (χ0v) is 15.0. The van der Waals surface area contributed by atoms with Crippen LogP contribution < -0.4 is 5.32 Å². The van der Waals surface area contributed by atoms with Crippen LogP contribution in [-0.4, -0.2) is 21.6 Å². The Morgan fingerprint density at radius 1 is 1.24 bits per heavy atom. The number of carbonyl (C=O) groups is 1. The maximum atomic E-state index is 12.4. The largest absolute Gasteiger partial charge is 0.348 e. The number of hydrogen-bond donors (Lipinski definition) is 2. The number of H-pyrrole nitrogens is 1. The van der Waals surface area contributed by atoms with Gasteiger partial charge in [0.1, 0.15) is 0 Å². The van der Waals surface area contributed by atoms with Crippen LogP contribution in [-0.2, 0) is 4.79 Å². The van der Waals surface area contributed by atoms with E-state index in [1.807, 2.05) is 24.3 Å². The van der Waals surface area contributed by atoms with Gasteiger partial charge < -0.3 is 10.3 Å². The van der Waals surface area contributed by atoms with Crippen molar-refractivity contribution < 1.29 is 4.79 Å². The number of para-hydroxylation sites is 2. The number of imidazole rings is 1. The molecule has 3 aromatic rings. The first kappa shape index (κ1) is 16.2. The van der Waals surface area contributed by atoms with Gasteiger partial charge in [0.15, 0.2) is 5.16 Å². The smallest absolute Gasteiger partial charge is 0.230 e. The third kappa shape index (κ3) is 3.87. The summed E-state index contributed by atoms with van der Waals surface area (Å²) in [7, 11) is 0. The molecule has 1 aliphatic rings. The zero-order valence-electron chi connectivity index (χ0n) is 14.2. The van der Waals surface area contributed by atoms with Crippen molar-refractivity contribution in [2.45, 2.75) is 31.0 Å². The van der Waals surface area contributed by atoms with Gasteiger partial charge in [0.2, 0.25) is 5.91 Å². The second kappa shape index (κ2) is 6.92. The Kier molecular flexibility index (Phi) is 4.49. The highest BCUT2D eigenvalue weighted by Gasteiger charge is 2.33. The number of nitrogens with zero attached hydrogens (tertiary/aromatic N) is 1. The molecule has 2 N–H and O–H groups in total. The Morgan fingerprint density at radius 3 is 2.72 bits per heavy atom. The summed E-state index contributed by atoms with van der Waals surface area (Å²) in [4.78, 5) is 20.2. The van der Waals surface area contributed by atoms with E-state index in [2.05, 4.69) is 46.5 Å². The lowest BCUT2D eigenvalue weighted by atomic mass is 10.0. The Hall–Kier alpha value is -2.27. The van der Waals surface area contributed by atoms with E-state index in [0.717, 1.165) is 16.2 Å². The van der Waals surface area contributed by atoms with Crippen molar-refractivity contribution in [3.8, 4) is 0 Å². The number of nitrogens with one attached hydrogen (secondary N) is 2. The van der Waals surface area contributed by atoms with Crippen molar-refractivity contribution >= 4 is 28.7 Å². The maximum Gasteiger partial charge on any atom is 0.230 e. The average Bonchev–Trinajstić information content (AvgIpc) is 3.37. The van der Waals surface area contributed by atoms with Gasteiger partial charge in [0.25, 0.3) is 0 Å². The Bertz CT molecular complexity index is 850. The van der Waals surface area contributed by atoms with E-state index >= 15 is 0 Å². The minimum absolute atomic E-state index is 0.0583. The van der Waals surface area contributed by atoms with Crippen molar-refractivity contribution in [3.63, 3.8) is 0 Å². The number of benzene rings is 2. The maximum absolute atomic E-state index is 12.4. The molecule has 1 saturated carbocycles. The molecule has 1 unspecified atom stereocenters. The van der Waals surface area contributed by atoms with E-state index in [-0.39, 0.29) is 11.9 Å². The fourth-order valence-electron chi connectivity index (χ4n) is 3.02. The van der Waals surface area contributed by atoms with Crippen molar-refractivity contribution in [2.75, 3.05) is 5.75 Å². The fourth-order valence-corrected chi connectivity index (χ4v) is 3.72. The van der Waals surface area contributed by atoms with E-state index in [0.29, 0.717) is 11.7 Å². The Morgan fingerprint density at radius 2 is 2.00 bits per heavy atom. The van der Waals surface area contributed by atoms with Crippen LogP contribution in [0.4, 0.5) is 0 Å². The van der Waals surface area contributed by atoms with Gasteiger partial charge in [-0.25, -0.2) is 4.98 Å². The van der Waals surface area contributed by atoms with Crippen molar-refractivity contribution in [3.05, 3.63) is 59.7 Å². The first-order valence-electron chi connectivity index (χ1n) is 8.62. The number of carbonyl (C=O) groups excluding carboxylic acids is 1. The molecular weight excluding hydrogens is 330 g/mol. The van der Waals surface area contributed by atoms with Gasteiger partial charge >= 0.3 is 0 Å². The van der Waals surface area contributed by atoms with Crippen molar-refractivity contribution in [1.82, 2.24) is 15.3 Å². The van der Waals surface area contributed by atoms with Crippen LogP contribution in [0, 0.1) is 12.8 Å². The molecule has 1 aromatic heterocycles. The highest BCUT2D eigenvalue weighted by Crippen LogP contribution is 2.41. The summed E-state index contributed by atoms with van der Waals surface area (Å²) in [6.07, 6.45) is 2.38. The fraction of sp³-hybridized carbons (Fsp3) is 0.300. The molecule has 5 heteroatoms. The Balaban J connectivity index is 1.39. The first-order valence-corrected chi connectivity index (χ1v) is 9.61. The van der Waals surface area contributed by atoms with Gasteiger partial charge in [-0.05, 0) is 43.4 Å². The van der Waals surface area contributed by atoms with E-state index in [1.165, 1.54) is 35.7 Å². The second-order valence-corrected chi connectivity index (χ2v) is 7.61. The van der Waals surface area contributed by atoms with Crippen LogP contribution in [0.3, 0.4) is 0 Å². The molecule has 0 saturated heterocycles. The third-order valence-corrected chi connectivity index (χ3v) is 5.43. The number of aromatic nitrogens is 2. The topological polar surface area (TPSA) is 57.8 Å². The van der Waals surface area contributed by atoms with Gasteiger partial charge in [-0.2, -0.15) is 0 Å². The molecule has 1 fully saturated rings. The second-order valence-electron chi connectivity index (χ2n) is 6.64. The molecule has 0 bridgehead atoms. The molecule has 1 aliphatic carbocycles. The molecule has 0 radical (unpaired) electrons. The number of aromatic amines is 1. The van der Waals surface area contributed by atoms with Gasteiger partial charge in [0, 0.05) is 0 Å². The summed E-state index contributed by atoms with van der Waals surface area (Å²) >= 11 is 1.45. The summed E-state index contributed by atoms with van der Waals surface area (Å²) in [6, 6.07) is 16.5. The highest BCUT2D eigenvalue weighted by molar-refractivity contribution is 7.99. The number of fused-ring (bicyclic) bond motifs is 1. The summed E-state index contributed by atoms with van der Waals surface area (Å²) in [5.74, 6) is 1.00. The normalized spacial score (nSPS) is 15.2. The minimum atomic E-state index is 0.0583. The Labute approximate surface area is 151 Å². The van der Waals surface area contributed by atoms with E-state index < -0.39 is 0 Å². The summed E-state index contributed by atoms with van der Waals surface area (Å²) in [6.45, 7) is 2.08. The SMILES string of the molecule is Cc1ccc(C(NC(=O)CSc2nc3ccccc3[nH]2)C2CC2)cc1. The van der Waals surface area contributed by atoms with E-state index in [4.69, 9.17) is 0 Å². The quantitative estimate of drug-likeness (QED) is 0.653. The number of rotatable bonds is 6. The average molecular weight is 351 g/mol. The van der Waals surface area contributed by atoms with Crippen LogP contribution in [0.1, 0.15) is 30.0 Å². The molecule has 25 heavy (non-hydrogen) atoms. The molecule has 4 rings (SSSR count). The molecular formula is C20H21N3OS. The third-order valence-electron chi connectivity index (χ3n) is 4.55. The number of aryl methyl sites for hydroxylation is 1. The lowest BCUT2D eigenvalue weighted by Gasteiger charge is -2.19. The van der Waals surface area contributed by atoms with Crippen LogP contribution in [0.2, 0.25) is 0 Å². The van der Waals surface area contributed by atoms with Crippen LogP contribution in [0.25, 0.3) is 11.0 Å². The predicted molar refractivity (Wildman–Crippen MR) is 102 cm³/mol. The molecule has 1 amide bonds. The summed E-state index contributed by atoms with van der Waals surface area (Å²) in [5.41, 5.74) is 4.38. The molecule has 0 spiro atoms. The molecule has 1 atom stereocenters. The molecule has 0 aliphatic heterocycles. The molecule has 128 valence electrons. The van der Waals surface area contributed by atoms with Crippen LogP contribution in [0.15, 0.2) is 53.7 Å². The zero-order chi connectivity index (χ0) is 17.2. The van der Waals surface area contributed by atoms with Crippen LogP contribution in [0.5, 0.6) is 0 Å². The van der Waals surface area contributed by atoms with Gasteiger partial charge in [-0.3, -0.25) is 4.79 Å². The number of thioether (sulfide) groups is 1. The highest BCUT2D eigenvalue weighted by atomic mass is 32.2. The molecule has 4 nitrogen and oxygen atoms in total. The van der Waals surface area contributed by atoms with Gasteiger partial charge in [-0.1, -0.05) is 53.7 Å². The number of amides is 1.